The van der Waals surface area contributed by atoms with Crippen molar-refractivity contribution < 1.29 is 23.4 Å². The summed E-state index contributed by atoms with van der Waals surface area (Å²) in [5.74, 6) is 0.790. The maximum atomic E-state index is 14.0. The van der Waals surface area contributed by atoms with E-state index < -0.39 is 11.7 Å². The number of carbonyl (C=O) groups excluding carboxylic acids is 1. The highest BCUT2D eigenvalue weighted by atomic mass is 19.1. The van der Waals surface area contributed by atoms with Crippen LogP contribution in [0, 0.1) is 5.82 Å². The third kappa shape index (κ3) is 5.22. The second-order valence-corrected chi connectivity index (χ2v) is 6.01. The average molecular weight is 396 g/mol. The van der Waals surface area contributed by atoms with Gasteiger partial charge in [0.15, 0.2) is 11.5 Å². The maximum Gasteiger partial charge on any atom is 0.254 e. The monoisotopic (exact) mass is 396 g/mol. The predicted octanol–water partition coefficient (Wildman–Crippen LogP) is 4.35. The van der Waals surface area contributed by atoms with Crippen molar-refractivity contribution in [2.45, 2.75) is 13.5 Å². The summed E-state index contributed by atoms with van der Waals surface area (Å²) in [6.07, 6.45) is 1.59. The fraction of sp³-hybridized carbons (Fsp3) is 0.182. The predicted molar refractivity (Wildman–Crippen MR) is 106 cm³/mol. The summed E-state index contributed by atoms with van der Waals surface area (Å²) >= 11 is 0. The molecule has 0 aliphatic heterocycles. The molecule has 6 nitrogen and oxygen atoms in total. The minimum atomic E-state index is -0.642. The lowest BCUT2D eigenvalue weighted by molar-refractivity contribution is 0.0947. The molecule has 0 atom stereocenters. The molecular weight excluding hydrogens is 375 g/mol. The molecule has 29 heavy (non-hydrogen) atoms. The van der Waals surface area contributed by atoms with Gasteiger partial charge in [0.05, 0.1) is 19.3 Å². The molecule has 1 heterocycles. The first-order chi connectivity index (χ1) is 14.1. The number of para-hydroxylation sites is 2. The number of ether oxygens (including phenoxy) is 3. The average Bonchev–Trinajstić information content (AvgIpc) is 2.74. The molecule has 0 radical (unpaired) electrons. The lowest BCUT2D eigenvalue weighted by Crippen LogP contribution is -2.23. The van der Waals surface area contributed by atoms with Crippen LogP contribution in [0.15, 0.2) is 60.8 Å². The van der Waals surface area contributed by atoms with E-state index in [2.05, 4.69) is 10.3 Å². The van der Waals surface area contributed by atoms with Gasteiger partial charge in [0.1, 0.15) is 11.6 Å². The van der Waals surface area contributed by atoms with E-state index in [1.807, 2.05) is 25.1 Å². The van der Waals surface area contributed by atoms with E-state index in [9.17, 15) is 9.18 Å². The van der Waals surface area contributed by atoms with Crippen molar-refractivity contribution in [1.29, 1.82) is 0 Å². The Kier molecular flexibility index (Phi) is 6.63. The number of nitrogens with one attached hydrogen (secondary N) is 1. The molecule has 0 saturated heterocycles. The van der Waals surface area contributed by atoms with E-state index in [1.54, 1.807) is 24.4 Å². The molecule has 1 amide bonds. The number of methoxy groups -OCH3 is 1. The van der Waals surface area contributed by atoms with Crippen molar-refractivity contribution in [3.05, 3.63) is 77.7 Å². The van der Waals surface area contributed by atoms with Gasteiger partial charge in [-0.25, -0.2) is 9.37 Å². The van der Waals surface area contributed by atoms with Gasteiger partial charge in [0, 0.05) is 24.9 Å². The van der Waals surface area contributed by atoms with E-state index in [-0.39, 0.29) is 12.1 Å². The smallest absolute Gasteiger partial charge is 0.254 e. The third-order valence-corrected chi connectivity index (χ3v) is 4.04. The summed E-state index contributed by atoms with van der Waals surface area (Å²) in [6, 6.07) is 14.9. The molecule has 1 aromatic heterocycles. The van der Waals surface area contributed by atoms with Gasteiger partial charge in [-0.1, -0.05) is 18.2 Å². The zero-order chi connectivity index (χ0) is 20.6. The maximum absolute atomic E-state index is 14.0. The van der Waals surface area contributed by atoms with Crippen LogP contribution in [0.3, 0.4) is 0 Å². The first-order valence-corrected chi connectivity index (χ1v) is 9.07. The fourth-order valence-electron chi connectivity index (χ4n) is 2.58. The van der Waals surface area contributed by atoms with Gasteiger partial charge < -0.3 is 19.5 Å². The first-order valence-electron chi connectivity index (χ1n) is 9.07. The lowest BCUT2D eigenvalue weighted by atomic mass is 10.2. The van der Waals surface area contributed by atoms with Crippen LogP contribution < -0.4 is 19.5 Å². The summed E-state index contributed by atoms with van der Waals surface area (Å²) in [6.45, 7) is 2.63. The third-order valence-electron chi connectivity index (χ3n) is 4.04. The highest BCUT2D eigenvalue weighted by molar-refractivity contribution is 5.94. The van der Waals surface area contributed by atoms with Crippen molar-refractivity contribution in [2.75, 3.05) is 13.7 Å². The molecule has 0 unspecified atom stereocenters. The largest absolute Gasteiger partial charge is 0.497 e. The summed E-state index contributed by atoms with van der Waals surface area (Å²) in [4.78, 5) is 16.4. The van der Waals surface area contributed by atoms with Gasteiger partial charge in [-0.15, -0.1) is 0 Å². The van der Waals surface area contributed by atoms with Crippen LogP contribution >= 0.6 is 0 Å². The minimum absolute atomic E-state index is 0.0498. The van der Waals surface area contributed by atoms with E-state index in [0.29, 0.717) is 29.7 Å². The number of rotatable bonds is 8. The van der Waals surface area contributed by atoms with Crippen molar-refractivity contribution in [2.24, 2.45) is 0 Å². The van der Waals surface area contributed by atoms with Crippen molar-refractivity contribution in [3.63, 3.8) is 0 Å². The van der Waals surface area contributed by atoms with Crippen LogP contribution in [0.25, 0.3) is 0 Å². The number of nitrogens with zero attached hydrogens (tertiary/aromatic N) is 1. The summed E-state index contributed by atoms with van der Waals surface area (Å²) < 4.78 is 30.2. The standard InChI is InChI=1S/C22H21FN2O4/c1-3-28-19-6-4-5-7-20(19)29-21-11-8-15(13-24-21)14-25-22(26)17-10-9-16(27-2)12-18(17)23/h4-13H,3,14H2,1-2H3,(H,25,26). The van der Waals surface area contributed by atoms with Crippen molar-refractivity contribution >= 4 is 5.91 Å². The van der Waals surface area contributed by atoms with Gasteiger partial charge in [-0.3, -0.25) is 4.79 Å². The van der Waals surface area contributed by atoms with E-state index in [1.165, 1.54) is 25.3 Å². The Labute approximate surface area is 168 Å². The van der Waals surface area contributed by atoms with E-state index >= 15 is 0 Å². The normalized spacial score (nSPS) is 10.3. The Morgan fingerprint density at radius 1 is 1.10 bits per heavy atom. The molecule has 0 fully saturated rings. The molecule has 0 bridgehead atoms. The zero-order valence-electron chi connectivity index (χ0n) is 16.1. The number of carbonyl (C=O) groups is 1. The Balaban J connectivity index is 1.60. The van der Waals surface area contributed by atoms with Gasteiger partial charge in [-0.05, 0) is 36.8 Å². The molecule has 1 N–H and O–H groups in total. The SMILES string of the molecule is CCOc1ccccc1Oc1ccc(CNC(=O)c2ccc(OC)cc2F)cn1. The van der Waals surface area contributed by atoms with Crippen LogP contribution in [0.1, 0.15) is 22.8 Å². The molecule has 7 heteroatoms. The number of hydrogen-bond acceptors (Lipinski definition) is 5. The topological polar surface area (TPSA) is 69.7 Å². The number of halogens is 1. The zero-order valence-corrected chi connectivity index (χ0v) is 16.1. The fourth-order valence-corrected chi connectivity index (χ4v) is 2.58. The number of benzene rings is 2. The molecule has 0 aliphatic rings. The number of hydrogen-bond donors (Lipinski definition) is 1. The second-order valence-electron chi connectivity index (χ2n) is 6.01. The second kappa shape index (κ2) is 9.54. The first kappa shape index (κ1) is 20.1. The van der Waals surface area contributed by atoms with Crippen LogP contribution in [0.5, 0.6) is 23.1 Å². The van der Waals surface area contributed by atoms with Crippen molar-refractivity contribution in [1.82, 2.24) is 10.3 Å². The van der Waals surface area contributed by atoms with Gasteiger partial charge in [0.2, 0.25) is 5.88 Å². The highest BCUT2D eigenvalue weighted by Gasteiger charge is 2.12. The number of pyridine rings is 1. The van der Waals surface area contributed by atoms with E-state index in [0.717, 1.165) is 5.56 Å². The quantitative estimate of drug-likeness (QED) is 0.613. The van der Waals surface area contributed by atoms with Crippen LogP contribution in [0.4, 0.5) is 4.39 Å². The Morgan fingerprint density at radius 3 is 2.55 bits per heavy atom. The molecule has 2 aromatic carbocycles. The Hall–Kier alpha value is -3.61. The summed E-state index contributed by atoms with van der Waals surface area (Å²) in [5, 5.41) is 2.67. The lowest BCUT2D eigenvalue weighted by Gasteiger charge is -2.11. The van der Waals surface area contributed by atoms with Crippen LogP contribution in [-0.2, 0) is 6.54 Å². The Morgan fingerprint density at radius 2 is 1.90 bits per heavy atom. The summed E-state index contributed by atoms with van der Waals surface area (Å²) in [5.41, 5.74) is 0.698. The van der Waals surface area contributed by atoms with E-state index in [4.69, 9.17) is 14.2 Å². The number of aromatic nitrogens is 1. The van der Waals surface area contributed by atoms with Gasteiger partial charge in [0.25, 0.3) is 5.91 Å². The molecule has 0 spiro atoms. The van der Waals surface area contributed by atoms with Crippen LogP contribution in [0.2, 0.25) is 0 Å². The molecule has 0 aliphatic carbocycles. The number of amides is 1. The molecule has 0 saturated carbocycles. The minimum Gasteiger partial charge on any atom is -0.497 e. The molecule has 150 valence electrons. The Bertz CT molecular complexity index is 977. The molecule has 3 rings (SSSR count). The molecular formula is C22H21FN2O4. The highest BCUT2D eigenvalue weighted by Crippen LogP contribution is 2.30. The summed E-state index contributed by atoms with van der Waals surface area (Å²) in [7, 11) is 1.43. The van der Waals surface area contributed by atoms with Crippen LogP contribution in [-0.4, -0.2) is 24.6 Å². The molecule has 3 aromatic rings. The van der Waals surface area contributed by atoms with Gasteiger partial charge in [-0.2, -0.15) is 0 Å². The van der Waals surface area contributed by atoms with Crippen molar-refractivity contribution in [3.8, 4) is 23.1 Å². The van der Waals surface area contributed by atoms with Gasteiger partial charge >= 0.3 is 0 Å².